The molecule has 1 fully saturated rings. The summed E-state index contributed by atoms with van der Waals surface area (Å²) in [5.74, 6) is 5.39. The van der Waals surface area contributed by atoms with Crippen molar-refractivity contribution in [1.82, 2.24) is 4.90 Å². The molecule has 2 aliphatic rings. The van der Waals surface area contributed by atoms with Crippen LogP contribution in [0.15, 0.2) is 17.7 Å². The zero-order chi connectivity index (χ0) is 24.3. The van der Waals surface area contributed by atoms with Crippen molar-refractivity contribution in [2.24, 2.45) is 11.3 Å². The van der Waals surface area contributed by atoms with Crippen LogP contribution >= 0.6 is 11.3 Å². The summed E-state index contributed by atoms with van der Waals surface area (Å²) in [6.45, 7) is 8.78. The Kier molecular flexibility index (Phi) is 7.69. The molecule has 1 aliphatic heterocycles. The molecule has 1 unspecified atom stereocenters. The number of rotatable bonds is 4. The quantitative estimate of drug-likeness (QED) is 0.366. The molecule has 33 heavy (non-hydrogen) atoms. The van der Waals surface area contributed by atoms with E-state index in [2.05, 4.69) is 24.8 Å². The first kappa shape index (κ1) is 25.0. The summed E-state index contributed by atoms with van der Waals surface area (Å²) in [6.07, 6.45) is 5.71. The minimum Gasteiger partial charge on any atom is -0.465 e. The number of likely N-dealkylation sites (N-methyl/N-ethyl adjacent to an activating group) is 1. The van der Waals surface area contributed by atoms with Crippen LogP contribution in [-0.4, -0.2) is 49.4 Å². The maximum atomic E-state index is 13.9. The Hall–Kier alpha value is -2.59. The van der Waals surface area contributed by atoms with E-state index in [4.69, 9.17) is 4.74 Å². The van der Waals surface area contributed by atoms with Crippen molar-refractivity contribution in [3.05, 3.63) is 27.5 Å². The van der Waals surface area contributed by atoms with E-state index in [-0.39, 0.29) is 23.1 Å². The van der Waals surface area contributed by atoms with Crippen molar-refractivity contribution in [3.63, 3.8) is 0 Å². The number of anilines is 1. The summed E-state index contributed by atoms with van der Waals surface area (Å²) in [7, 11) is 3.09. The maximum Gasteiger partial charge on any atom is 0.350 e. The highest BCUT2D eigenvalue weighted by Crippen LogP contribution is 2.37. The lowest BCUT2D eigenvalue weighted by molar-refractivity contribution is -0.136. The van der Waals surface area contributed by atoms with Crippen molar-refractivity contribution in [1.29, 1.82) is 0 Å². The number of carbonyl (C=O) groups excluding carboxylic acids is 3. The van der Waals surface area contributed by atoms with E-state index in [1.165, 1.54) is 24.0 Å². The highest BCUT2D eigenvalue weighted by molar-refractivity contribution is 7.15. The van der Waals surface area contributed by atoms with Crippen LogP contribution in [0.3, 0.4) is 0 Å². The van der Waals surface area contributed by atoms with Crippen LogP contribution in [-0.2, 0) is 14.3 Å². The third kappa shape index (κ3) is 5.86. The summed E-state index contributed by atoms with van der Waals surface area (Å²) < 4.78 is 5.04. The standard InChI is InChI=1S/C26H34N2O4S/c1-17-9-11-18(12-10-17)23(29)28(20-8-7-15-27(5)24(20)30)21-16-19(13-14-26(2,3)4)33-22(21)25(31)32-6/h9,16,18,20H,7-8,10-12,15H2,1-6H3/t18?,20-/m0/s1. The fourth-order valence-electron chi connectivity index (χ4n) is 4.19. The average molecular weight is 471 g/mol. The molecule has 0 saturated carbocycles. The Labute approximate surface area is 201 Å². The number of allylic oxidation sites excluding steroid dienone is 2. The monoisotopic (exact) mass is 470 g/mol. The Morgan fingerprint density at radius 2 is 2.00 bits per heavy atom. The second kappa shape index (κ2) is 10.1. The van der Waals surface area contributed by atoms with Gasteiger partial charge in [-0.15, -0.1) is 11.3 Å². The molecule has 1 aliphatic carbocycles. The predicted octanol–water partition coefficient (Wildman–Crippen LogP) is 4.63. The Morgan fingerprint density at radius 3 is 2.61 bits per heavy atom. The fraction of sp³-hybridized carbons (Fsp3) is 0.577. The van der Waals surface area contributed by atoms with Gasteiger partial charge in [0.2, 0.25) is 11.8 Å². The lowest BCUT2D eigenvalue weighted by Gasteiger charge is -2.38. The molecule has 1 saturated heterocycles. The molecule has 2 atom stereocenters. The average Bonchev–Trinajstić information content (AvgIpc) is 3.19. The zero-order valence-electron chi connectivity index (χ0n) is 20.5. The molecular formula is C26H34N2O4S. The SMILES string of the molecule is COC(=O)c1sc(C#CC(C)(C)C)cc1N(C(=O)C1CC=C(C)CC1)[C@H]1CCCN(C)C1=O. The summed E-state index contributed by atoms with van der Waals surface area (Å²) >= 11 is 1.21. The van der Waals surface area contributed by atoms with Crippen LogP contribution in [0.5, 0.6) is 0 Å². The van der Waals surface area contributed by atoms with Crippen molar-refractivity contribution in [3.8, 4) is 11.8 Å². The van der Waals surface area contributed by atoms with E-state index in [9.17, 15) is 14.4 Å². The zero-order valence-corrected chi connectivity index (χ0v) is 21.3. The van der Waals surface area contributed by atoms with Crippen molar-refractivity contribution < 1.29 is 19.1 Å². The van der Waals surface area contributed by atoms with Gasteiger partial charge in [-0.1, -0.05) is 23.5 Å². The molecule has 2 amide bonds. The molecule has 3 rings (SSSR count). The lowest BCUT2D eigenvalue weighted by Crippen LogP contribution is -2.55. The molecule has 0 N–H and O–H groups in total. The van der Waals surface area contributed by atoms with Crippen molar-refractivity contribution in [2.75, 3.05) is 25.6 Å². The molecule has 2 heterocycles. The summed E-state index contributed by atoms with van der Waals surface area (Å²) in [5, 5.41) is 0. The van der Waals surface area contributed by atoms with Gasteiger partial charge in [0.1, 0.15) is 10.9 Å². The van der Waals surface area contributed by atoms with Gasteiger partial charge in [0.15, 0.2) is 0 Å². The number of nitrogens with zero attached hydrogens (tertiary/aromatic N) is 2. The molecule has 178 valence electrons. The molecular weight excluding hydrogens is 436 g/mol. The highest BCUT2D eigenvalue weighted by Gasteiger charge is 2.40. The molecule has 1 aromatic heterocycles. The van der Waals surface area contributed by atoms with E-state index in [0.29, 0.717) is 34.8 Å². The van der Waals surface area contributed by atoms with Crippen LogP contribution in [0.25, 0.3) is 0 Å². The third-order valence-corrected chi connectivity index (χ3v) is 7.09. The van der Waals surface area contributed by atoms with E-state index in [0.717, 1.165) is 19.3 Å². The second-order valence-corrected chi connectivity index (χ2v) is 11.0. The van der Waals surface area contributed by atoms with Crippen molar-refractivity contribution in [2.45, 2.75) is 65.8 Å². The highest BCUT2D eigenvalue weighted by atomic mass is 32.1. The van der Waals surface area contributed by atoms with Crippen LogP contribution in [0.2, 0.25) is 0 Å². The van der Waals surface area contributed by atoms with E-state index in [1.807, 2.05) is 20.8 Å². The number of likely N-dealkylation sites (tertiary alicyclic amines) is 1. The van der Waals surface area contributed by atoms with Crippen LogP contribution in [0.4, 0.5) is 5.69 Å². The predicted molar refractivity (Wildman–Crippen MR) is 131 cm³/mol. The van der Waals surface area contributed by atoms with Gasteiger partial charge in [-0.3, -0.25) is 14.5 Å². The summed E-state index contributed by atoms with van der Waals surface area (Å²) in [5.41, 5.74) is 1.51. The van der Waals surface area contributed by atoms with Gasteiger partial charge in [0, 0.05) is 24.9 Å². The van der Waals surface area contributed by atoms with E-state index in [1.54, 1.807) is 22.9 Å². The maximum absolute atomic E-state index is 13.9. The first-order chi connectivity index (χ1) is 15.5. The minimum absolute atomic E-state index is 0.0959. The van der Waals surface area contributed by atoms with Gasteiger partial charge in [-0.05, 0) is 65.9 Å². The number of amides is 2. The minimum atomic E-state index is -0.635. The Morgan fingerprint density at radius 1 is 1.27 bits per heavy atom. The number of thiophene rings is 1. The fourth-order valence-corrected chi connectivity index (χ4v) is 5.11. The Bertz CT molecular complexity index is 1020. The number of esters is 1. The van der Waals surface area contributed by atoms with Crippen molar-refractivity contribution >= 4 is 34.8 Å². The normalized spacial score (nSPS) is 21.1. The van der Waals surface area contributed by atoms with E-state index >= 15 is 0 Å². The van der Waals surface area contributed by atoms with E-state index < -0.39 is 12.0 Å². The van der Waals surface area contributed by atoms with Gasteiger partial charge in [0.25, 0.3) is 0 Å². The van der Waals surface area contributed by atoms with Crippen LogP contribution < -0.4 is 4.90 Å². The molecule has 0 spiro atoms. The van der Waals surface area contributed by atoms with Crippen LogP contribution in [0, 0.1) is 23.2 Å². The largest absolute Gasteiger partial charge is 0.465 e. The van der Waals surface area contributed by atoms with Gasteiger partial charge < -0.3 is 9.64 Å². The number of methoxy groups -OCH3 is 1. The number of ether oxygens (including phenoxy) is 1. The van der Waals surface area contributed by atoms with Gasteiger partial charge in [0.05, 0.1) is 17.7 Å². The molecule has 7 heteroatoms. The third-order valence-electron chi connectivity index (χ3n) is 6.07. The molecule has 0 radical (unpaired) electrons. The molecule has 0 aromatic carbocycles. The topological polar surface area (TPSA) is 66.9 Å². The summed E-state index contributed by atoms with van der Waals surface area (Å²) in [6, 6.07) is 1.14. The lowest BCUT2D eigenvalue weighted by atomic mass is 9.88. The number of hydrogen-bond acceptors (Lipinski definition) is 5. The Balaban J connectivity index is 2.11. The number of piperidine rings is 1. The van der Waals surface area contributed by atoms with Crippen LogP contribution in [0.1, 0.15) is 74.3 Å². The first-order valence-corrected chi connectivity index (χ1v) is 12.3. The molecule has 0 bridgehead atoms. The first-order valence-electron chi connectivity index (χ1n) is 11.5. The van der Waals surface area contributed by atoms with Gasteiger partial charge in [-0.25, -0.2) is 4.79 Å². The molecule has 1 aromatic rings. The summed E-state index contributed by atoms with van der Waals surface area (Å²) in [4.78, 5) is 44.0. The van der Waals surface area contributed by atoms with Gasteiger partial charge >= 0.3 is 5.97 Å². The molecule has 6 nitrogen and oxygen atoms in total. The second-order valence-electron chi connectivity index (χ2n) is 9.96. The number of hydrogen-bond donors (Lipinski definition) is 0. The number of carbonyl (C=O) groups is 3. The van der Waals surface area contributed by atoms with Gasteiger partial charge in [-0.2, -0.15) is 0 Å². The smallest absolute Gasteiger partial charge is 0.350 e.